The summed E-state index contributed by atoms with van der Waals surface area (Å²) in [6.45, 7) is 0. The van der Waals surface area contributed by atoms with Crippen molar-refractivity contribution >= 4 is 26.8 Å². The Bertz CT molecular complexity index is 436. The number of benzene rings is 1. The summed E-state index contributed by atoms with van der Waals surface area (Å²) >= 11 is 3.21. The van der Waals surface area contributed by atoms with Gasteiger partial charge in [-0.3, -0.25) is 0 Å². The van der Waals surface area contributed by atoms with Gasteiger partial charge in [0.25, 0.3) is 0 Å². The quantitative estimate of drug-likeness (QED) is 0.717. The van der Waals surface area contributed by atoms with E-state index in [2.05, 4.69) is 20.9 Å². The molecule has 1 aromatic carbocycles. The summed E-state index contributed by atoms with van der Waals surface area (Å²) in [5.74, 6) is -1.67. The number of fused-ring (bicyclic) bond motifs is 1. The second-order valence-electron chi connectivity index (χ2n) is 2.42. The molecule has 0 saturated carbocycles. The van der Waals surface area contributed by atoms with Gasteiger partial charge in [0.15, 0.2) is 11.6 Å². The molecule has 1 N–H and O–H groups in total. The van der Waals surface area contributed by atoms with Crippen molar-refractivity contribution in [1.29, 1.82) is 0 Å². The zero-order valence-corrected chi connectivity index (χ0v) is 7.45. The molecule has 0 unspecified atom stereocenters. The fraction of sp³-hybridized carbons (Fsp3) is 0. The summed E-state index contributed by atoms with van der Waals surface area (Å²) in [6, 6.07) is 2.63. The molecule has 62 valence electrons. The molecule has 0 amide bonds. The van der Waals surface area contributed by atoms with Gasteiger partial charge in [0.2, 0.25) is 0 Å². The molecular weight excluding hydrogens is 228 g/mol. The Kier molecular flexibility index (Phi) is 1.65. The standard InChI is InChI=1S/C8H4BrF2N/c9-5-3-12-8-4(5)1-2-6(10)7(8)11/h1-3,12H. The van der Waals surface area contributed by atoms with Crippen LogP contribution in [0.3, 0.4) is 0 Å². The van der Waals surface area contributed by atoms with Gasteiger partial charge in [-0.2, -0.15) is 0 Å². The maximum Gasteiger partial charge on any atom is 0.182 e. The van der Waals surface area contributed by atoms with E-state index in [1.54, 1.807) is 6.20 Å². The molecular formula is C8H4BrF2N. The monoisotopic (exact) mass is 231 g/mol. The average molecular weight is 232 g/mol. The van der Waals surface area contributed by atoms with Gasteiger partial charge < -0.3 is 4.98 Å². The van der Waals surface area contributed by atoms with Gasteiger partial charge in [0.1, 0.15) is 0 Å². The smallest absolute Gasteiger partial charge is 0.182 e. The Morgan fingerprint density at radius 1 is 1.25 bits per heavy atom. The highest BCUT2D eigenvalue weighted by Crippen LogP contribution is 2.26. The number of H-pyrrole nitrogens is 1. The molecule has 4 heteroatoms. The van der Waals surface area contributed by atoms with Crippen molar-refractivity contribution in [2.75, 3.05) is 0 Å². The first kappa shape index (κ1) is 7.73. The summed E-state index contributed by atoms with van der Waals surface area (Å²) in [5, 5.41) is 0.647. The van der Waals surface area contributed by atoms with Crippen molar-refractivity contribution in [3.8, 4) is 0 Å². The molecule has 0 bridgehead atoms. The van der Waals surface area contributed by atoms with E-state index >= 15 is 0 Å². The Morgan fingerprint density at radius 2 is 2.00 bits per heavy atom. The molecule has 2 rings (SSSR count). The first-order valence-corrected chi connectivity index (χ1v) is 4.10. The summed E-state index contributed by atoms with van der Waals surface area (Å²) in [4.78, 5) is 2.64. The minimum atomic E-state index is -0.836. The lowest BCUT2D eigenvalue weighted by atomic mass is 10.2. The number of rotatable bonds is 0. The highest BCUT2D eigenvalue weighted by atomic mass is 79.9. The largest absolute Gasteiger partial charge is 0.358 e. The van der Waals surface area contributed by atoms with Crippen molar-refractivity contribution < 1.29 is 8.78 Å². The third-order valence-corrected chi connectivity index (χ3v) is 2.35. The minimum Gasteiger partial charge on any atom is -0.358 e. The van der Waals surface area contributed by atoms with E-state index in [0.29, 0.717) is 5.39 Å². The van der Waals surface area contributed by atoms with E-state index in [4.69, 9.17) is 0 Å². The predicted octanol–water partition coefficient (Wildman–Crippen LogP) is 3.21. The molecule has 0 aliphatic rings. The molecule has 1 aromatic heterocycles. The number of hydrogen-bond donors (Lipinski definition) is 1. The van der Waals surface area contributed by atoms with Crippen LogP contribution in [0.15, 0.2) is 22.8 Å². The third-order valence-electron chi connectivity index (χ3n) is 1.70. The van der Waals surface area contributed by atoms with Gasteiger partial charge in [-0.15, -0.1) is 0 Å². The van der Waals surface area contributed by atoms with E-state index < -0.39 is 11.6 Å². The second-order valence-corrected chi connectivity index (χ2v) is 3.27. The molecule has 0 saturated heterocycles. The Balaban J connectivity index is 2.93. The van der Waals surface area contributed by atoms with Crippen LogP contribution in [-0.2, 0) is 0 Å². The summed E-state index contributed by atoms with van der Waals surface area (Å²) in [5.41, 5.74) is 0.196. The average Bonchev–Trinajstić information content (AvgIpc) is 2.41. The molecule has 1 nitrogen and oxygen atoms in total. The van der Waals surface area contributed by atoms with E-state index in [9.17, 15) is 8.78 Å². The van der Waals surface area contributed by atoms with Gasteiger partial charge >= 0.3 is 0 Å². The maximum atomic E-state index is 13.0. The SMILES string of the molecule is Fc1ccc2c(Br)c[nH]c2c1F. The van der Waals surface area contributed by atoms with Gasteiger partial charge in [-0.05, 0) is 28.1 Å². The number of hydrogen-bond acceptors (Lipinski definition) is 0. The molecule has 0 fully saturated rings. The van der Waals surface area contributed by atoms with Crippen molar-refractivity contribution in [3.63, 3.8) is 0 Å². The van der Waals surface area contributed by atoms with E-state index in [-0.39, 0.29) is 5.52 Å². The van der Waals surface area contributed by atoms with E-state index in [0.717, 1.165) is 10.5 Å². The van der Waals surface area contributed by atoms with Crippen molar-refractivity contribution in [2.24, 2.45) is 0 Å². The molecule has 1 heterocycles. The number of aromatic nitrogens is 1. The van der Waals surface area contributed by atoms with Crippen LogP contribution in [0.4, 0.5) is 8.78 Å². The van der Waals surface area contributed by atoms with Crippen LogP contribution in [-0.4, -0.2) is 4.98 Å². The third kappa shape index (κ3) is 0.948. The lowest BCUT2D eigenvalue weighted by molar-refractivity contribution is 0.515. The summed E-state index contributed by atoms with van der Waals surface area (Å²) < 4.78 is 26.4. The first-order valence-electron chi connectivity index (χ1n) is 3.30. The predicted molar refractivity (Wildman–Crippen MR) is 45.9 cm³/mol. The molecule has 0 spiro atoms. The maximum absolute atomic E-state index is 13.0. The van der Waals surface area contributed by atoms with Gasteiger partial charge in [-0.25, -0.2) is 8.78 Å². The zero-order valence-electron chi connectivity index (χ0n) is 5.87. The number of halogens is 3. The topological polar surface area (TPSA) is 15.8 Å². The van der Waals surface area contributed by atoms with Crippen LogP contribution < -0.4 is 0 Å². The highest BCUT2D eigenvalue weighted by molar-refractivity contribution is 9.10. The van der Waals surface area contributed by atoms with Crippen LogP contribution in [0, 0.1) is 11.6 Å². The molecule has 2 aromatic rings. The van der Waals surface area contributed by atoms with E-state index in [1.807, 2.05) is 0 Å². The molecule has 0 aliphatic heterocycles. The Hall–Kier alpha value is -0.900. The van der Waals surface area contributed by atoms with E-state index in [1.165, 1.54) is 6.07 Å². The summed E-state index contributed by atoms with van der Waals surface area (Å²) in [7, 11) is 0. The van der Waals surface area contributed by atoms with Crippen LogP contribution >= 0.6 is 15.9 Å². The number of aromatic amines is 1. The van der Waals surface area contributed by atoms with Gasteiger partial charge in [0, 0.05) is 16.1 Å². The van der Waals surface area contributed by atoms with Gasteiger partial charge in [-0.1, -0.05) is 0 Å². The van der Waals surface area contributed by atoms with Crippen LogP contribution in [0.1, 0.15) is 0 Å². The van der Waals surface area contributed by atoms with Crippen molar-refractivity contribution in [1.82, 2.24) is 4.98 Å². The molecule has 12 heavy (non-hydrogen) atoms. The lowest BCUT2D eigenvalue weighted by Gasteiger charge is -1.93. The van der Waals surface area contributed by atoms with Crippen molar-refractivity contribution in [3.05, 3.63) is 34.4 Å². The highest BCUT2D eigenvalue weighted by Gasteiger charge is 2.09. The molecule has 0 atom stereocenters. The van der Waals surface area contributed by atoms with Crippen molar-refractivity contribution in [2.45, 2.75) is 0 Å². The zero-order chi connectivity index (χ0) is 8.72. The number of nitrogens with one attached hydrogen (secondary N) is 1. The molecule has 0 aliphatic carbocycles. The first-order chi connectivity index (χ1) is 5.70. The lowest BCUT2D eigenvalue weighted by Crippen LogP contribution is -1.83. The molecule has 0 radical (unpaired) electrons. The normalized spacial score (nSPS) is 10.9. The van der Waals surface area contributed by atoms with Crippen LogP contribution in [0.2, 0.25) is 0 Å². The van der Waals surface area contributed by atoms with Crippen LogP contribution in [0.5, 0.6) is 0 Å². The second kappa shape index (κ2) is 2.55. The van der Waals surface area contributed by atoms with Gasteiger partial charge in [0.05, 0.1) is 5.52 Å². The van der Waals surface area contributed by atoms with Crippen LogP contribution in [0.25, 0.3) is 10.9 Å². The summed E-state index contributed by atoms with van der Waals surface area (Å²) in [6.07, 6.45) is 1.58. The Labute approximate surface area is 75.5 Å². The minimum absolute atomic E-state index is 0.196. The fourth-order valence-corrected chi connectivity index (χ4v) is 1.55. The Morgan fingerprint density at radius 3 is 2.75 bits per heavy atom. The fourth-order valence-electron chi connectivity index (χ4n) is 1.10.